The molecule has 63 heavy (non-hydrogen) atoms. The zero-order valence-corrected chi connectivity index (χ0v) is 41.4. The maximum atomic E-state index is 6.07. The first-order chi connectivity index (χ1) is 30.6. The zero-order chi connectivity index (χ0) is 46.8. The monoisotopic (exact) mass is 865 g/mol. The Bertz CT molecular complexity index is 1900. The number of hydrogen-bond acceptors (Lipinski definition) is 8. The van der Waals surface area contributed by atoms with Gasteiger partial charge in [0.1, 0.15) is 50.4 Å². The van der Waals surface area contributed by atoms with Crippen LogP contribution in [0.3, 0.4) is 0 Å². The highest BCUT2D eigenvalue weighted by molar-refractivity contribution is 5.98. The molecule has 0 N–H and O–H groups in total. The minimum absolute atomic E-state index is 0.593. The maximum Gasteiger partial charge on any atom is 0.125 e. The lowest BCUT2D eigenvalue weighted by Gasteiger charge is -2.14. The van der Waals surface area contributed by atoms with Gasteiger partial charge in [0, 0.05) is 0 Å². The van der Waals surface area contributed by atoms with Crippen LogP contribution in [0.25, 0.3) is 0 Å². The quantitative estimate of drug-likeness (QED) is 0.0320. The number of aryl methyl sites for hydroxylation is 6. The van der Waals surface area contributed by atoms with E-state index in [0.717, 1.165) is 126 Å². The van der Waals surface area contributed by atoms with Crippen LogP contribution in [0.15, 0.2) is 107 Å². The fourth-order valence-electron chi connectivity index (χ4n) is 6.52. The lowest BCUT2D eigenvalue weighted by Crippen LogP contribution is -2.03. The molecule has 0 bridgehead atoms. The normalized spacial score (nSPS) is 11.1. The molecule has 0 amide bonds. The van der Waals surface area contributed by atoms with Crippen molar-refractivity contribution in [1.29, 1.82) is 0 Å². The lowest BCUT2D eigenvalue weighted by molar-refractivity contribution is 0.213. The van der Waals surface area contributed by atoms with E-state index in [4.69, 9.17) is 28.6 Å². The van der Waals surface area contributed by atoms with Gasteiger partial charge >= 0.3 is 0 Å². The highest BCUT2D eigenvalue weighted by atomic mass is 16.6. The van der Waals surface area contributed by atoms with Gasteiger partial charge in [-0.15, -0.1) is 0 Å². The fourth-order valence-corrected chi connectivity index (χ4v) is 6.52. The minimum Gasteiger partial charge on any atom is -0.493 e. The summed E-state index contributed by atoms with van der Waals surface area (Å²) in [5.41, 5.74) is 11.1. The summed E-state index contributed by atoms with van der Waals surface area (Å²) in [6.07, 6.45) is 15.6. The van der Waals surface area contributed by atoms with E-state index in [0.29, 0.717) is 13.2 Å². The molecule has 0 saturated carbocycles. The molecule has 4 aromatic carbocycles. The molecule has 8 nitrogen and oxygen atoms in total. The smallest absolute Gasteiger partial charge is 0.125 e. The van der Waals surface area contributed by atoms with Crippen molar-refractivity contribution in [1.82, 2.24) is 0 Å². The number of allylic oxidation sites excluding steroid dienone is 2. The van der Waals surface area contributed by atoms with E-state index in [-0.39, 0.29) is 0 Å². The summed E-state index contributed by atoms with van der Waals surface area (Å²) >= 11 is 0. The van der Waals surface area contributed by atoms with E-state index in [1.54, 1.807) is 14.2 Å². The van der Waals surface area contributed by atoms with Crippen molar-refractivity contribution in [2.75, 3.05) is 40.6 Å². The van der Waals surface area contributed by atoms with Gasteiger partial charge in [0.25, 0.3) is 0 Å². The summed E-state index contributed by atoms with van der Waals surface area (Å²) in [7, 11) is 3.14. The van der Waals surface area contributed by atoms with Gasteiger partial charge in [-0.3, -0.25) is 0 Å². The molecule has 0 aliphatic heterocycles. The summed E-state index contributed by atoms with van der Waals surface area (Å²) in [6, 6.07) is 25.2. The van der Waals surface area contributed by atoms with Crippen LogP contribution in [0.2, 0.25) is 0 Å². The van der Waals surface area contributed by atoms with Gasteiger partial charge in [0.05, 0.1) is 24.6 Å². The highest BCUT2D eigenvalue weighted by Gasteiger charge is 2.09. The first-order valence-electron chi connectivity index (χ1n) is 22.9. The molecule has 0 heterocycles. The Morgan fingerprint density at radius 3 is 1.14 bits per heavy atom. The summed E-state index contributed by atoms with van der Waals surface area (Å²) in [5, 5.41) is 7.94. The van der Waals surface area contributed by atoms with Gasteiger partial charge in [-0.05, 0) is 169 Å². The van der Waals surface area contributed by atoms with Crippen molar-refractivity contribution in [2.45, 2.75) is 128 Å². The largest absolute Gasteiger partial charge is 0.493 e. The Balaban J connectivity index is 0.000000584. The van der Waals surface area contributed by atoms with Gasteiger partial charge in [-0.25, -0.2) is 0 Å². The maximum absolute atomic E-state index is 6.07. The van der Waals surface area contributed by atoms with Gasteiger partial charge in [-0.1, -0.05) is 111 Å². The summed E-state index contributed by atoms with van der Waals surface area (Å²) in [4.78, 5) is 9.66. The molecule has 0 atom stereocenters. The molecule has 0 fully saturated rings. The first-order valence-corrected chi connectivity index (χ1v) is 22.9. The number of rotatable bonds is 23. The van der Waals surface area contributed by atoms with Gasteiger partial charge in [0.2, 0.25) is 0 Å². The van der Waals surface area contributed by atoms with E-state index in [2.05, 4.69) is 98.7 Å². The second-order valence-electron chi connectivity index (χ2n) is 14.6. The molecule has 346 valence electrons. The summed E-state index contributed by atoms with van der Waals surface area (Å²) < 4.78 is 23.6. The number of unbranched alkanes of at least 4 members (excludes halogenated alkanes) is 3. The Morgan fingerprint density at radius 1 is 0.476 bits per heavy atom. The third-order valence-electron chi connectivity index (χ3n) is 9.69. The topological polar surface area (TPSA) is 80.1 Å². The second kappa shape index (κ2) is 34.0. The van der Waals surface area contributed by atoms with Gasteiger partial charge in [0.15, 0.2) is 0 Å². The molecule has 4 aromatic rings. The van der Waals surface area contributed by atoms with E-state index >= 15 is 0 Å². The standard InChI is InChI=1S/C26H35NO3.C25H33NO3.2C2H6/c1-6-7-16-29-25-18-20(2)26(21(3)19-25)30-17-10-8-9-11-23-12-14-24(15-13-23)22(4)27-28-5;1-6-7-15-28-24-17-19(2)25(20(3)18-24)29-16-9-8-10-22-11-13-23(14-12-22)21(4)26-27-5;2*1-2/h6-7,12-15,18-19H,8-11,16-17H2,1-5H3;6-7,11-14,17-18H,8-10,15-16H2,1-5H3;2*1-2H3/b7-6+,27-22-;7-6+,26-21-;;. The average molecular weight is 865 g/mol. The third kappa shape index (κ3) is 21.9. The fraction of sp³-hybridized carbons (Fsp3) is 0.455. The van der Waals surface area contributed by atoms with E-state index in [1.807, 2.05) is 91.8 Å². The average Bonchev–Trinajstić information content (AvgIpc) is 3.28. The predicted molar refractivity (Wildman–Crippen MR) is 268 cm³/mol. The molecule has 0 aliphatic carbocycles. The molecule has 0 spiro atoms. The van der Waals surface area contributed by atoms with E-state index < -0.39 is 0 Å². The molecule has 0 unspecified atom stereocenters. The van der Waals surface area contributed by atoms with Crippen LogP contribution in [0.4, 0.5) is 0 Å². The molecule has 0 radical (unpaired) electrons. The zero-order valence-electron chi connectivity index (χ0n) is 41.4. The molecule has 4 rings (SSSR count). The van der Waals surface area contributed by atoms with Crippen LogP contribution in [-0.4, -0.2) is 52.1 Å². The van der Waals surface area contributed by atoms with Gasteiger partial charge < -0.3 is 28.6 Å². The van der Waals surface area contributed by atoms with Crippen LogP contribution < -0.4 is 18.9 Å². The van der Waals surface area contributed by atoms with Crippen LogP contribution >= 0.6 is 0 Å². The number of hydrogen-bond donors (Lipinski definition) is 0. The van der Waals surface area contributed by atoms with Crippen LogP contribution in [0.1, 0.15) is 132 Å². The highest BCUT2D eigenvalue weighted by Crippen LogP contribution is 2.30. The third-order valence-corrected chi connectivity index (χ3v) is 9.69. The minimum atomic E-state index is 0.593. The van der Waals surface area contributed by atoms with Crippen LogP contribution in [0, 0.1) is 27.7 Å². The van der Waals surface area contributed by atoms with Crippen molar-refractivity contribution in [2.24, 2.45) is 10.3 Å². The molecule has 0 saturated heterocycles. The Hall–Kier alpha value is -5.50. The number of oxime groups is 2. The molecular formula is C55H80N2O6. The molecule has 0 aromatic heterocycles. The number of nitrogens with zero attached hydrogens (tertiary/aromatic N) is 2. The first kappa shape index (κ1) is 55.5. The summed E-state index contributed by atoms with van der Waals surface area (Å²) in [6.45, 7) is 26.8. The van der Waals surface area contributed by atoms with Crippen LogP contribution in [-0.2, 0) is 22.5 Å². The van der Waals surface area contributed by atoms with E-state index in [1.165, 1.54) is 11.1 Å². The number of ether oxygens (including phenoxy) is 4. The SMILES string of the molecule is C/C=C/COc1cc(C)c(OCCCCCc2ccc(/C(C)=N\OC)cc2)c(C)c1.C/C=C/COc1cc(C)c(OCCCCc2ccc(/C(C)=N\OC)cc2)c(C)c1.CC.CC. The Kier molecular flexibility index (Phi) is 30.0. The number of benzene rings is 4. The van der Waals surface area contributed by atoms with Crippen molar-refractivity contribution in [3.8, 4) is 23.0 Å². The van der Waals surface area contributed by atoms with Crippen molar-refractivity contribution in [3.63, 3.8) is 0 Å². The molecular weight excluding hydrogens is 785 g/mol. The Morgan fingerprint density at radius 2 is 0.810 bits per heavy atom. The van der Waals surface area contributed by atoms with Crippen LogP contribution in [0.5, 0.6) is 23.0 Å². The molecule has 8 heteroatoms. The summed E-state index contributed by atoms with van der Waals surface area (Å²) in [5.74, 6) is 3.74. The van der Waals surface area contributed by atoms with Gasteiger partial charge in [-0.2, -0.15) is 0 Å². The second-order valence-corrected chi connectivity index (χ2v) is 14.6. The van der Waals surface area contributed by atoms with Crippen molar-refractivity contribution >= 4 is 11.4 Å². The predicted octanol–water partition coefficient (Wildman–Crippen LogP) is 14.5. The van der Waals surface area contributed by atoms with Crippen molar-refractivity contribution < 1.29 is 28.6 Å². The van der Waals surface area contributed by atoms with E-state index in [9.17, 15) is 0 Å². The molecule has 0 aliphatic rings. The Labute approximate surface area is 382 Å². The van der Waals surface area contributed by atoms with Crippen molar-refractivity contribution in [3.05, 3.63) is 142 Å². The lowest BCUT2D eigenvalue weighted by atomic mass is 10.0.